The molecule has 0 N–H and O–H groups in total. The van der Waals surface area contributed by atoms with Crippen LogP contribution in [0.15, 0.2) is 99.9 Å². The Bertz CT molecular complexity index is 2100. The number of fused-ring (bicyclic) bond motifs is 2. The van der Waals surface area contributed by atoms with Gasteiger partial charge in [-0.3, -0.25) is 9.36 Å². The largest absolute Gasteiger partial charge is 0.487 e. The van der Waals surface area contributed by atoms with E-state index in [4.69, 9.17) is 9.47 Å². The van der Waals surface area contributed by atoms with Crippen molar-refractivity contribution in [3.8, 4) is 5.75 Å². The molecule has 0 aliphatic carbocycles. The minimum Gasteiger partial charge on any atom is -0.487 e. The summed E-state index contributed by atoms with van der Waals surface area (Å²) >= 11 is 5.90. The van der Waals surface area contributed by atoms with Crippen molar-refractivity contribution in [3.63, 3.8) is 0 Å². The molecule has 0 amide bonds. The molecule has 6 rings (SSSR count). The first-order chi connectivity index (χ1) is 21.2. The maximum absolute atomic E-state index is 14.0. The molecule has 0 spiro atoms. The molecule has 0 bridgehead atoms. The number of hydrogen-bond acceptors (Lipinski definition) is 6. The van der Waals surface area contributed by atoms with Gasteiger partial charge in [0.25, 0.3) is 5.56 Å². The Labute approximate surface area is 286 Å². The van der Waals surface area contributed by atoms with Crippen molar-refractivity contribution in [1.29, 1.82) is 0 Å². The van der Waals surface area contributed by atoms with Crippen LogP contribution in [-0.2, 0) is 16.1 Å². The van der Waals surface area contributed by atoms with Gasteiger partial charge in [0, 0.05) is 0 Å². The molecule has 0 fully saturated rings. The highest BCUT2D eigenvalue weighted by Crippen LogP contribution is 2.32. The first-order valence-electron chi connectivity index (χ1n) is 14.1. The van der Waals surface area contributed by atoms with Gasteiger partial charge in [-0.1, -0.05) is 83.6 Å². The minimum atomic E-state index is -0.627. The number of allylic oxidation sites excluding steroid dienone is 1. The van der Waals surface area contributed by atoms with Gasteiger partial charge in [-0.25, -0.2) is 9.79 Å². The molecule has 0 saturated carbocycles. The molecule has 44 heavy (non-hydrogen) atoms. The number of aromatic nitrogens is 1. The predicted octanol–water partition coefficient (Wildman–Crippen LogP) is 7.05. The molecule has 6 nitrogen and oxygen atoms in total. The van der Waals surface area contributed by atoms with Crippen LogP contribution in [0.4, 0.5) is 0 Å². The van der Waals surface area contributed by atoms with Crippen LogP contribution in [0, 0.1) is 14.1 Å². The second kappa shape index (κ2) is 13.0. The summed E-state index contributed by atoms with van der Waals surface area (Å²) in [6, 6.07) is 25.8. The van der Waals surface area contributed by atoms with E-state index in [2.05, 4.69) is 80.5 Å². The molecule has 1 aromatic heterocycles. The van der Waals surface area contributed by atoms with Crippen molar-refractivity contribution in [2.24, 2.45) is 4.99 Å². The third-order valence-corrected chi connectivity index (χ3v) is 10.1. The van der Waals surface area contributed by atoms with E-state index < -0.39 is 12.0 Å². The smallest absolute Gasteiger partial charge is 0.338 e. The number of rotatable bonds is 7. The summed E-state index contributed by atoms with van der Waals surface area (Å²) in [5, 5.41) is 2.36. The molecular formula is C35H28I2N2O4S. The third-order valence-electron chi connectivity index (χ3n) is 7.48. The lowest BCUT2D eigenvalue weighted by Crippen LogP contribution is -2.39. The molecule has 222 valence electrons. The Morgan fingerprint density at radius 3 is 2.43 bits per heavy atom. The maximum atomic E-state index is 14.0. The van der Waals surface area contributed by atoms with Gasteiger partial charge < -0.3 is 9.47 Å². The van der Waals surface area contributed by atoms with Crippen LogP contribution in [0.1, 0.15) is 42.1 Å². The number of esters is 1. The molecule has 1 aliphatic rings. The quantitative estimate of drug-likeness (QED) is 0.131. The molecule has 9 heteroatoms. The van der Waals surface area contributed by atoms with E-state index in [1.807, 2.05) is 61.5 Å². The number of thiazole rings is 1. The third kappa shape index (κ3) is 6.01. The summed E-state index contributed by atoms with van der Waals surface area (Å²) in [5.74, 6) is 0.351. The van der Waals surface area contributed by atoms with Crippen molar-refractivity contribution in [2.75, 3.05) is 6.61 Å². The molecule has 4 aromatic carbocycles. The van der Waals surface area contributed by atoms with Gasteiger partial charge in [0.1, 0.15) is 12.4 Å². The average molecular weight is 826 g/mol. The summed E-state index contributed by atoms with van der Waals surface area (Å²) < 4.78 is 15.8. The zero-order chi connectivity index (χ0) is 31.0. The summed E-state index contributed by atoms with van der Waals surface area (Å²) in [5.41, 5.74) is 4.67. The molecule has 1 aliphatic heterocycles. The van der Waals surface area contributed by atoms with Crippen LogP contribution < -0.4 is 19.6 Å². The number of carbonyl (C=O) groups excluding carboxylic acids is 1. The fourth-order valence-electron chi connectivity index (χ4n) is 5.38. The normalized spacial score (nSPS) is 14.8. The van der Waals surface area contributed by atoms with Crippen LogP contribution in [0.2, 0.25) is 0 Å². The molecule has 0 saturated heterocycles. The average Bonchev–Trinajstić information content (AvgIpc) is 3.30. The summed E-state index contributed by atoms with van der Waals surface area (Å²) in [4.78, 5) is 32.3. The second-order valence-electron chi connectivity index (χ2n) is 10.5. The number of carbonyl (C=O) groups is 1. The van der Waals surface area contributed by atoms with Gasteiger partial charge >= 0.3 is 5.97 Å². The van der Waals surface area contributed by atoms with E-state index in [0.717, 1.165) is 35.1 Å². The number of ether oxygens (including phenoxy) is 2. The lowest BCUT2D eigenvalue weighted by molar-refractivity contribution is -0.139. The molecule has 0 unspecified atom stereocenters. The molecule has 2 heterocycles. The highest BCUT2D eigenvalue weighted by molar-refractivity contribution is 14.1. The Balaban J connectivity index is 1.37. The highest BCUT2D eigenvalue weighted by atomic mass is 127. The van der Waals surface area contributed by atoms with Crippen molar-refractivity contribution in [3.05, 3.63) is 139 Å². The first kappa shape index (κ1) is 30.7. The van der Waals surface area contributed by atoms with E-state index in [1.165, 1.54) is 22.1 Å². The highest BCUT2D eigenvalue weighted by Gasteiger charge is 2.33. The summed E-state index contributed by atoms with van der Waals surface area (Å²) in [6.45, 7) is 6.26. The molecule has 0 radical (unpaired) electrons. The Morgan fingerprint density at radius 1 is 1.00 bits per heavy atom. The van der Waals surface area contributed by atoms with Gasteiger partial charge in [-0.2, -0.15) is 0 Å². The SMILES string of the molecule is CCOC(=O)C1=C(C)N=c2s/c(=C/c3cc(I)c(OCc4cccc5ccccc45)c(I)c3)c(=O)n2[C@@H]1c1ccc(C)cc1. The fourth-order valence-corrected chi connectivity index (χ4v) is 8.55. The van der Waals surface area contributed by atoms with Crippen LogP contribution in [0.3, 0.4) is 0 Å². The van der Waals surface area contributed by atoms with Crippen LogP contribution in [0.5, 0.6) is 5.75 Å². The zero-order valence-electron chi connectivity index (χ0n) is 24.3. The summed E-state index contributed by atoms with van der Waals surface area (Å²) in [6.07, 6.45) is 1.89. The minimum absolute atomic E-state index is 0.199. The van der Waals surface area contributed by atoms with E-state index in [9.17, 15) is 9.59 Å². The van der Waals surface area contributed by atoms with Gasteiger partial charge in [0.15, 0.2) is 4.80 Å². The number of benzene rings is 4. The molecule has 1 atom stereocenters. The number of aryl methyl sites for hydroxylation is 1. The zero-order valence-corrected chi connectivity index (χ0v) is 29.4. The monoisotopic (exact) mass is 826 g/mol. The topological polar surface area (TPSA) is 69.9 Å². The van der Waals surface area contributed by atoms with E-state index in [1.54, 1.807) is 18.4 Å². The number of nitrogens with zero attached hydrogens (tertiary/aromatic N) is 2. The Hall–Kier alpha value is -3.29. The van der Waals surface area contributed by atoms with Gasteiger partial charge in [-0.15, -0.1) is 0 Å². The predicted molar refractivity (Wildman–Crippen MR) is 192 cm³/mol. The van der Waals surface area contributed by atoms with Crippen LogP contribution >= 0.6 is 56.5 Å². The van der Waals surface area contributed by atoms with Gasteiger partial charge in [0.2, 0.25) is 0 Å². The fraction of sp³-hybridized carbons (Fsp3) is 0.171. The van der Waals surface area contributed by atoms with Crippen molar-refractivity contribution >= 4 is 79.3 Å². The first-order valence-corrected chi connectivity index (χ1v) is 17.1. The van der Waals surface area contributed by atoms with E-state index in [-0.39, 0.29) is 12.2 Å². The van der Waals surface area contributed by atoms with E-state index >= 15 is 0 Å². The molecule has 5 aromatic rings. The van der Waals surface area contributed by atoms with Crippen molar-refractivity contribution in [2.45, 2.75) is 33.4 Å². The van der Waals surface area contributed by atoms with Gasteiger partial charge in [-0.05, 0) is 112 Å². The van der Waals surface area contributed by atoms with Crippen LogP contribution in [0.25, 0.3) is 16.8 Å². The second-order valence-corrected chi connectivity index (χ2v) is 13.8. The van der Waals surface area contributed by atoms with Crippen molar-refractivity contribution < 1.29 is 14.3 Å². The molecular weight excluding hydrogens is 798 g/mol. The Kier molecular flexibility index (Phi) is 9.06. The summed E-state index contributed by atoms with van der Waals surface area (Å²) in [7, 11) is 0. The number of hydrogen-bond donors (Lipinski definition) is 0. The maximum Gasteiger partial charge on any atom is 0.338 e. The van der Waals surface area contributed by atoms with Crippen molar-refractivity contribution in [1.82, 2.24) is 4.57 Å². The van der Waals surface area contributed by atoms with E-state index in [0.29, 0.717) is 27.2 Å². The lowest BCUT2D eigenvalue weighted by atomic mass is 9.95. The standard InChI is InChI=1S/C35H28I2N2O4S/c1-4-42-34(41)30-21(3)38-35-39(31(30)24-14-12-20(2)13-15-24)33(40)29(44-35)18-22-16-27(36)32(28(37)17-22)43-19-25-10-7-9-23-8-5-6-11-26(23)25/h5-18,31H,4,19H2,1-3H3/b29-18+/t31-/m1/s1. The lowest BCUT2D eigenvalue weighted by Gasteiger charge is -2.24. The van der Waals surface area contributed by atoms with Gasteiger partial charge in [0.05, 0.1) is 35.6 Å². The number of halogens is 2. The Morgan fingerprint density at radius 2 is 1.70 bits per heavy atom. The van der Waals surface area contributed by atoms with Crippen LogP contribution in [-0.4, -0.2) is 17.1 Å².